The summed E-state index contributed by atoms with van der Waals surface area (Å²) in [4.78, 5) is 14.4. The van der Waals surface area contributed by atoms with E-state index >= 15 is 0 Å². The lowest BCUT2D eigenvalue weighted by Crippen LogP contribution is -2.35. The van der Waals surface area contributed by atoms with Crippen LogP contribution in [0, 0.1) is 0 Å². The van der Waals surface area contributed by atoms with E-state index in [0.717, 1.165) is 48.5 Å². The number of para-hydroxylation sites is 1. The zero-order chi connectivity index (χ0) is 19.1. The number of nitrogens with one attached hydrogen (secondary N) is 2. The maximum atomic E-state index is 12.5. The lowest BCUT2D eigenvalue weighted by atomic mass is 10.1. The molecule has 0 saturated carbocycles. The van der Waals surface area contributed by atoms with Crippen LogP contribution in [0.3, 0.4) is 0 Å². The molecule has 6 heteroatoms. The summed E-state index contributed by atoms with van der Waals surface area (Å²) in [5.74, 6) is 0.937. The number of hydrogen-bond donors (Lipinski definition) is 2. The first-order chi connectivity index (χ1) is 13.2. The van der Waals surface area contributed by atoms with Crippen molar-refractivity contribution < 1.29 is 9.53 Å². The quantitative estimate of drug-likeness (QED) is 0.769. The number of benzene rings is 2. The Hall–Kier alpha value is -2.60. The minimum Gasteiger partial charge on any atom is -0.496 e. The van der Waals surface area contributed by atoms with Crippen molar-refractivity contribution in [1.82, 2.24) is 10.2 Å². The van der Waals surface area contributed by atoms with Crippen LogP contribution in [-0.2, 0) is 6.54 Å². The van der Waals surface area contributed by atoms with Gasteiger partial charge in [0.05, 0.1) is 7.11 Å². The molecule has 2 aromatic rings. The van der Waals surface area contributed by atoms with Crippen molar-refractivity contribution in [2.75, 3.05) is 25.5 Å². The first kappa shape index (κ1) is 19.2. The lowest BCUT2D eigenvalue weighted by molar-refractivity contribution is 0.0724. The zero-order valence-corrected chi connectivity index (χ0v) is 16.3. The third kappa shape index (κ3) is 5.20. The summed E-state index contributed by atoms with van der Waals surface area (Å²) in [6.07, 6.45) is 3.40. The Kier molecular flexibility index (Phi) is 6.65. The van der Waals surface area contributed by atoms with Crippen LogP contribution in [0.1, 0.15) is 35.2 Å². The van der Waals surface area contributed by atoms with Gasteiger partial charge in [0, 0.05) is 36.4 Å². The summed E-state index contributed by atoms with van der Waals surface area (Å²) in [5, 5.41) is 6.85. The van der Waals surface area contributed by atoms with Gasteiger partial charge in [-0.25, -0.2) is 0 Å². The number of rotatable bonds is 5. The van der Waals surface area contributed by atoms with Crippen LogP contribution in [0.5, 0.6) is 5.75 Å². The Bertz CT molecular complexity index is 786. The molecule has 2 N–H and O–H groups in total. The van der Waals surface area contributed by atoms with Crippen LogP contribution in [0.25, 0.3) is 0 Å². The number of nitrogens with zero attached hydrogens (tertiary/aromatic N) is 1. The molecule has 3 rings (SSSR count). The largest absolute Gasteiger partial charge is 0.496 e. The fourth-order valence-electron chi connectivity index (χ4n) is 3.18. The Morgan fingerprint density at radius 1 is 1.07 bits per heavy atom. The van der Waals surface area contributed by atoms with E-state index < -0.39 is 0 Å². The summed E-state index contributed by atoms with van der Waals surface area (Å²) in [6.45, 7) is 2.28. The maximum absolute atomic E-state index is 12.5. The predicted octanol–water partition coefficient (Wildman–Crippen LogP) is 3.81. The zero-order valence-electron chi connectivity index (χ0n) is 15.5. The molecule has 0 bridgehead atoms. The monoisotopic (exact) mass is 383 g/mol. The highest BCUT2D eigenvalue weighted by atomic mass is 32.1. The van der Waals surface area contributed by atoms with Gasteiger partial charge >= 0.3 is 0 Å². The minimum atomic E-state index is 0.109. The van der Waals surface area contributed by atoms with Crippen LogP contribution < -0.4 is 15.4 Å². The van der Waals surface area contributed by atoms with Crippen molar-refractivity contribution in [3.8, 4) is 5.75 Å². The van der Waals surface area contributed by atoms with E-state index in [9.17, 15) is 4.79 Å². The second kappa shape index (κ2) is 9.37. The molecule has 0 radical (unpaired) electrons. The van der Waals surface area contributed by atoms with Crippen molar-refractivity contribution in [3.63, 3.8) is 0 Å². The van der Waals surface area contributed by atoms with E-state index in [1.807, 2.05) is 53.4 Å². The molecular formula is C21H25N3O2S. The van der Waals surface area contributed by atoms with Crippen molar-refractivity contribution in [2.45, 2.75) is 25.8 Å². The number of piperidine rings is 1. The molecule has 5 nitrogen and oxygen atoms in total. The average molecular weight is 384 g/mol. The molecule has 2 aromatic carbocycles. The van der Waals surface area contributed by atoms with Gasteiger partial charge in [0.2, 0.25) is 0 Å². The Labute approximate surface area is 165 Å². The van der Waals surface area contributed by atoms with Crippen molar-refractivity contribution in [2.24, 2.45) is 0 Å². The number of thiocarbonyl (C=S) groups is 1. The molecule has 1 saturated heterocycles. The number of carbonyl (C=O) groups is 1. The minimum absolute atomic E-state index is 0.109. The molecule has 27 heavy (non-hydrogen) atoms. The topological polar surface area (TPSA) is 53.6 Å². The molecule has 0 aliphatic carbocycles. The van der Waals surface area contributed by atoms with Gasteiger partial charge in [-0.3, -0.25) is 4.79 Å². The van der Waals surface area contributed by atoms with Crippen molar-refractivity contribution >= 4 is 28.9 Å². The van der Waals surface area contributed by atoms with Gasteiger partial charge in [-0.1, -0.05) is 18.2 Å². The van der Waals surface area contributed by atoms with Crippen LogP contribution in [-0.4, -0.2) is 36.1 Å². The molecule has 1 aliphatic heterocycles. The summed E-state index contributed by atoms with van der Waals surface area (Å²) in [5.41, 5.74) is 2.60. The number of hydrogen-bond acceptors (Lipinski definition) is 3. The third-order valence-corrected chi connectivity index (χ3v) is 4.91. The first-order valence-corrected chi connectivity index (χ1v) is 9.64. The molecule has 142 valence electrons. The fraction of sp³-hybridized carbons (Fsp3) is 0.333. The SMILES string of the molecule is COc1ccccc1CNC(=S)Nc1ccc(C(=O)N2CCCCC2)cc1. The van der Waals surface area contributed by atoms with E-state index in [1.165, 1.54) is 6.42 Å². The molecule has 0 aromatic heterocycles. The lowest BCUT2D eigenvalue weighted by Gasteiger charge is -2.26. The summed E-state index contributed by atoms with van der Waals surface area (Å²) in [6, 6.07) is 15.3. The third-order valence-electron chi connectivity index (χ3n) is 4.66. The summed E-state index contributed by atoms with van der Waals surface area (Å²) in [7, 11) is 1.65. The Morgan fingerprint density at radius 3 is 2.48 bits per heavy atom. The number of carbonyl (C=O) groups excluding carboxylic acids is 1. The summed E-state index contributed by atoms with van der Waals surface area (Å²) < 4.78 is 5.34. The second-order valence-corrected chi connectivity index (χ2v) is 6.96. The number of ether oxygens (including phenoxy) is 1. The summed E-state index contributed by atoms with van der Waals surface area (Å²) >= 11 is 5.36. The fourth-order valence-corrected chi connectivity index (χ4v) is 3.37. The molecule has 1 fully saturated rings. The van der Waals surface area contributed by atoms with E-state index in [2.05, 4.69) is 10.6 Å². The van der Waals surface area contributed by atoms with Crippen LogP contribution in [0.15, 0.2) is 48.5 Å². The number of anilines is 1. The molecule has 0 spiro atoms. The molecule has 1 amide bonds. The highest BCUT2D eigenvalue weighted by Gasteiger charge is 2.17. The second-order valence-electron chi connectivity index (χ2n) is 6.55. The Morgan fingerprint density at radius 2 is 1.78 bits per heavy atom. The Balaban J connectivity index is 1.53. The van der Waals surface area contributed by atoms with Gasteiger partial charge < -0.3 is 20.3 Å². The molecule has 0 unspecified atom stereocenters. The molecule has 1 aliphatic rings. The van der Waals surface area contributed by atoms with Gasteiger partial charge in [-0.05, 0) is 61.8 Å². The smallest absolute Gasteiger partial charge is 0.253 e. The van der Waals surface area contributed by atoms with Gasteiger partial charge in [0.1, 0.15) is 5.75 Å². The van der Waals surface area contributed by atoms with Gasteiger partial charge in [0.25, 0.3) is 5.91 Å². The van der Waals surface area contributed by atoms with Crippen LogP contribution >= 0.6 is 12.2 Å². The van der Waals surface area contributed by atoms with Crippen LogP contribution in [0.4, 0.5) is 5.69 Å². The number of methoxy groups -OCH3 is 1. The number of likely N-dealkylation sites (tertiary alicyclic amines) is 1. The highest BCUT2D eigenvalue weighted by Crippen LogP contribution is 2.17. The standard InChI is InChI=1S/C21H25N3O2S/c1-26-19-8-4-3-7-17(19)15-22-21(27)23-18-11-9-16(10-12-18)20(25)24-13-5-2-6-14-24/h3-4,7-12H,2,5-6,13-15H2,1H3,(H2,22,23,27). The maximum Gasteiger partial charge on any atom is 0.253 e. The van der Waals surface area contributed by atoms with Gasteiger partial charge in [0.15, 0.2) is 5.11 Å². The average Bonchev–Trinajstić information content (AvgIpc) is 2.73. The van der Waals surface area contributed by atoms with Crippen molar-refractivity contribution in [1.29, 1.82) is 0 Å². The molecular weight excluding hydrogens is 358 g/mol. The van der Waals surface area contributed by atoms with E-state index in [-0.39, 0.29) is 5.91 Å². The van der Waals surface area contributed by atoms with Gasteiger partial charge in [-0.15, -0.1) is 0 Å². The van der Waals surface area contributed by atoms with E-state index in [4.69, 9.17) is 17.0 Å². The van der Waals surface area contributed by atoms with Crippen LogP contribution in [0.2, 0.25) is 0 Å². The first-order valence-electron chi connectivity index (χ1n) is 9.23. The van der Waals surface area contributed by atoms with Crippen molar-refractivity contribution in [3.05, 3.63) is 59.7 Å². The highest BCUT2D eigenvalue weighted by molar-refractivity contribution is 7.80. The van der Waals surface area contributed by atoms with E-state index in [1.54, 1.807) is 7.11 Å². The predicted molar refractivity (Wildman–Crippen MR) is 112 cm³/mol. The normalized spacial score (nSPS) is 13.7. The molecule has 1 heterocycles. The molecule has 0 atom stereocenters. The van der Waals surface area contributed by atoms with Gasteiger partial charge in [-0.2, -0.15) is 0 Å². The number of amides is 1. The van der Waals surface area contributed by atoms with E-state index in [0.29, 0.717) is 11.7 Å².